The SMILES string of the molecule is c1ccc(Oc2ccc(-c3nc4c5cccnc5c5ncccc5c4[nH]3)cc2)cc1. The Morgan fingerprint density at radius 3 is 2.03 bits per heavy atom. The minimum absolute atomic E-state index is 0.783. The van der Waals surface area contributed by atoms with Gasteiger partial charge in [0.05, 0.1) is 22.1 Å². The number of aromatic amines is 1. The van der Waals surface area contributed by atoms with Crippen molar-refractivity contribution >= 4 is 32.8 Å². The first-order valence-electron chi connectivity index (χ1n) is 9.71. The van der Waals surface area contributed by atoms with Crippen LogP contribution in [0.5, 0.6) is 11.5 Å². The number of pyridine rings is 2. The largest absolute Gasteiger partial charge is 0.457 e. The first-order valence-corrected chi connectivity index (χ1v) is 9.71. The molecule has 5 nitrogen and oxygen atoms in total. The Morgan fingerprint density at radius 2 is 1.27 bits per heavy atom. The van der Waals surface area contributed by atoms with Crippen molar-refractivity contribution in [2.45, 2.75) is 0 Å². The summed E-state index contributed by atoms with van der Waals surface area (Å²) in [6.07, 6.45) is 3.59. The molecule has 142 valence electrons. The highest BCUT2D eigenvalue weighted by Gasteiger charge is 2.15. The van der Waals surface area contributed by atoms with Gasteiger partial charge in [-0.3, -0.25) is 9.97 Å². The molecule has 0 fully saturated rings. The van der Waals surface area contributed by atoms with Crippen LogP contribution in [0.15, 0.2) is 91.3 Å². The van der Waals surface area contributed by atoms with Crippen LogP contribution in [0, 0.1) is 0 Å². The van der Waals surface area contributed by atoms with Crippen LogP contribution in [-0.2, 0) is 0 Å². The third-order valence-electron chi connectivity index (χ3n) is 5.17. The van der Waals surface area contributed by atoms with Crippen molar-refractivity contribution in [2.24, 2.45) is 0 Å². The maximum absolute atomic E-state index is 5.90. The molecule has 0 spiro atoms. The predicted octanol–water partition coefficient (Wildman–Crippen LogP) is 6.12. The molecular weight excluding hydrogens is 372 g/mol. The highest BCUT2D eigenvalue weighted by atomic mass is 16.5. The zero-order valence-electron chi connectivity index (χ0n) is 15.9. The molecule has 3 aromatic carbocycles. The molecule has 0 amide bonds. The predicted molar refractivity (Wildman–Crippen MR) is 119 cm³/mol. The summed E-state index contributed by atoms with van der Waals surface area (Å²) in [5, 5.41) is 2.01. The van der Waals surface area contributed by atoms with Crippen LogP contribution in [0.2, 0.25) is 0 Å². The van der Waals surface area contributed by atoms with E-state index in [9.17, 15) is 0 Å². The molecule has 0 saturated carbocycles. The van der Waals surface area contributed by atoms with Crippen molar-refractivity contribution in [3.63, 3.8) is 0 Å². The van der Waals surface area contributed by atoms with Crippen molar-refractivity contribution in [2.75, 3.05) is 0 Å². The summed E-state index contributed by atoms with van der Waals surface area (Å²) in [5.41, 5.74) is 4.60. The van der Waals surface area contributed by atoms with Gasteiger partial charge in [-0.25, -0.2) is 4.98 Å². The number of benzene rings is 3. The van der Waals surface area contributed by atoms with Crippen molar-refractivity contribution in [1.29, 1.82) is 0 Å². The van der Waals surface area contributed by atoms with E-state index in [2.05, 4.69) is 21.0 Å². The van der Waals surface area contributed by atoms with Gasteiger partial charge >= 0.3 is 0 Å². The summed E-state index contributed by atoms with van der Waals surface area (Å²) < 4.78 is 5.90. The van der Waals surface area contributed by atoms with E-state index >= 15 is 0 Å². The highest BCUT2D eigenvalue weighted by molar-refractivity contribution is 6.20. The fraction of sp³-hybridized carbons (Fsp3) is 0. The number of rotatable bonds is 3. The number of nitrogens with one attached hydrogen (secondary N) is 1. The molecule has 0 aliphatic rings. The van der Waals surface area contributed by atoms with E-state index in [1.807, 2.05) is 72.8 Å². The number of imidazole rings is 1. The van der Waals surface area contributed by atoms with Crippen LogP contribution in [0.25, 0.3) is 44.2 Å². The summed E-state index contributed by atoms with van der Waals surface area (Å²) in [6.45, 7) is 0. The quantitative estimate of drug-likeness (QED) is 0.371. The van der Waals surface area contributed by atoms with Crippen LogP contribution < -0.4 is 4.74 Å². The Hall–Kier alpha value is -4.25. The summed E-state index contributed by atoms with van der Waals surface area (Å²) in [6, 6.07) is 25.6. The lowest BCUT2D eigenvalue weighted by molar-refractivity contribution is 0.483. The Bertz CT molecular complexity index is 1430. The minimum Gasteiger partial charge on any atom is -0.457 e. The molecule has 0 aliphatic heterocycles. The topological polar surface area (TPSA) is 63.7 Å². The minimum atomic E-state index is 0.783. The second kappa shape index (κ2) is 6.67. The van der Waals surface area contributed by atoms with Crippen molar-refractivity contribution in [3.05, 3.63) is 91.3 Å². The van der Waals surface area contributed by atoms with E-state index in [0.717, 1.165) is 55.7 Å². The lowest BCUT2D eigenvalue weighted by Gasteiger charge is -2.05. The first-order chi connectivity index (χ1) is 14.9. The van der Waals surface area contributed by atoms with Crippen LogP contribution in [0.4, 0.5) is 0 Å². The average molecular weight is 388 g/mol. The lowest BCUT2D eigenvalue weighted by Crippen LogP contribution is -1.86. The van der Waals surface area contributed by atoms with E-state index in [-0.39, 0.29) is 0 Å². The summed E-state index contributed by atoms with van der Waals surface area (Å²) in [4.78, 5) is 17.5. The Balaban J connectivity index is 1.47. The van der Waals surface area contributed by atoms with Gasteiger partial charge < -0.3 is 9.72 Å². The molecule has 3 heterocycles. The van der Waals surface area contributed by atoms with Crippen LogP contribution in [0.1, 0.15) is 0 Å². The number of para-hydroxylation sites is 1. The number of aromatic nitrogens is 4. The maximum atomic E-state index is 5.90. The van der Waals surface area contributed by atoms with Gasteiger partial charge in [-0.05, 0) is 60.7 Å². The van der Waals surface area contributed by atoms with E-state index < -0.39 is 0 Å². The number of nitrogens with zero attached hydrogens (tertiary/aromatic N) is 3. The number of ether oxygens (including phenoxy) is 1. The summed E-state index contributed by atoms with van der Waals surface area (Å²) in [7, 11) is 0. The molecule has 5 heteroatoms. The average Bonchev–Trinajstić information content (AvgIpc) is 3.26. The second-order valence-electron chi connectivity index (χ2n) is 7.05. The molecule has 0 unspecified atom stereocenters. The fourth-order valence-electron chi connectivity index (χ4n) is 3.79. The Labute approximate surface area is 172 Å². The van der Waals surface area contributed by atoms with Gasteiger partial charge in [-0.2, -0.15) is 0 Å². The van der Waals surface area contributed by atoms with Crippen molar-refractivity contribution in [1.82, 2.24) is 19.9 Å². The standard InChI is InChI=1S/C25H16N4O/c1-2-6-17(7-3-1)30-18-12-10-16(11-13-18)25-28-23-19-8-4-14-26-21(19)22-20(24(23)29-25)9-5-15-27-22/h1-15H,(H,28,29). The van der Waals surface area contributed by atoms with Crippen LogP contribution in [-0.4, -0.2) is 19.9 Å². The third-order valence-corrected chi connectivity index (χ3v) is 5.17. The van der Waals surface area contributed by atoms with Gasteiger partial charge in [0.2, 0.25) is 0 Å². The van der Waals surface area contributed by atoms with Gasteiger partial charge in [0.1, 0.15) is 17.3 Å². The van der Waals surface area contributed by atoms with E-state index in [4.69, 9.17) is 9.72 Å². The highest BCUT2D eigenvalue weighted by Crippen LogP contribution is 2.33. The normalized spacial score (nSPS) is 11.3. The van der Waals surface area contributed by atoms with Gasteiger partial charge in [0, 0.05) is 28.7 Å². The van der Waals surface area contributed by atoms with Crippen molar-refractivity contribution < 1.29 is 4.74 Å². The molecule has 1 N–H and O–H groups in total. The fourth-order valence-corrected chi connectivity index (χ4v) is 3.79. The molecule has 0 atom stereocenters. The number of fused-ring (bicyclic) bond motifs is 6. The third kappa shape index (κ3) is 2.68. The molecule has 6 rings (SSSR count). The molecule has 30 heavy (non-hydrogen) atoms. The zero-order valence-corrected chi connectivity index (χ0v) is 15.9. The van der Waals surface area contributed by atoms with Crippen molar-refractivity contribution in [3.8, 4) is 22.9 Å². The Morgan fingerprint density at radius 1 is 0.600 bits per heavy atom. The van der Waals surface area contributed by atoms with Gasteiger partial charge in [-0.1, -0.05) is 18.2 Å². The molecule has 3 aromatic heterocycles. The smallest absolute Gasteiger partial charge is 0.138 e. The summed E-state index contributed by atoms with van der Waals surface area (Å²) >= 11 is 0. The molecule has 0 radical (unpaired) electrons. The monoisotopic (exact) mass is 388 g/mol. The number of H-pyrrole nitrogens is 1. The van der Waals surface area contributed by atoms with E-state index in [1.54, 1.807) is 12.4 Å². The van der Waals surface area contributed by atoms with Crippen LogP contribution >= 0.6 is 0 Å². The lowest BCUT2D eigenvalue weighted by atomic mass is 10.1. The second-order valence-corrected chi connectivity index (χ2v) is 7.05. The van der Waals surface area contributed by atoms with Crippen LogP contribution in [0.3, 0.4) is 0 Å². The number of hydrogen-bond acceptors (Lipinski definition) is 4. The maximum Gasteiger partial charge on any atom is 0.138 e. The molecule has 0 bridgehead atoms. The van der Waals surface area contributed by atoms with Gasteiger partial charge in [0.25, 0.3) is 0 Å². The van der Waals surface area contributed by atoms with Gasteiger partial charge in [0.15, 0.2) is 0 Å². The van der Waals surface area contributed by atoms with E-state index in [0.29, 0.717) is 0 Å². The Kier molecular flexibility index (Phi) is 3.71. The first kappa shape index (κ1) is 16.7. The summed E-state index contributed by atoms with van der Waals surface area (Å²) in [5.74, 6) is 2.40. The number of hydrogen-bond donors (Lipinski definition) is 1. The molecule has 0 saturated heterocycles. The van der Waals surface area contributed by atoms with E-state index in [1.165, 1.54) is 0 Å². The molecule has 0 aliphatic carbocycles. The zero-order chi connectivity index (χ0) is 19.9. The molecule has 6 aromatic rings. The molecular formula is C25H16N4O. The van der Waals surface area contributed by atoms with Gasteiger partial charge in [-0.15, -0.1) is 0 Å².